The van der Waals surface area contributed by atoms with Crippen molar-refractivity contribution in [3.8, 4) is 0 Å². The number of hydrogen-bond donors (Lipinski definition) is 2. The average Bonchev–Trinajstić information content (AvgIpc) is 2.38. The van der Waals surface area contributed by atoms with Crippen molar-refractivity contribution in [1.29, 1.82) is 0 Å². The van der Waals surface area contributed by atoms with Crippen molar-refractivity contribution in [1.82, 2.24) is 6.15 Å². The number of unbranched alkanes of at least 4 members (excludes halogenated alkanes) is 4. The van der Waals surface area contributed by atoms with Gasteiger partial charge in [-0.3, -0.25) is 0 Å². The topological polar surface area (TPSA) is 88.7 Å². The van der Waals surface area contributed by atoms with Gasteiger partial charge in [0.1, 0.15) is 0 Å². The van der Waals surface area contributed by atoms with Crippen molar-refractivity contribution >= 4 is 8.80 Å². The second-order valence-corrected chi connectivity index (χ2v) is 7.22. The van der Waals surface area contributed by atoms with E-state index in [4.69, 9.17) is 19.0 Å². The lowest BCUT2D eigenvalue weighted by molar-refractivity contribution is 0.0959. The maximum atomic E-state index is 5.85. The number of hydrogen-bond acceptors (Lipinski definition) is 5. The quantitative estimate of drug-likeness (QED) is 0.424. The maximum absolute atomic E-state index is 5.85. The van der Waals surface area contributed by atoms with Gasteiger partial charge < -0.3 is 25.2 Å². The van der Waals surface area contributed by atoms with Gasteiger partial charge in [0.05, 0.1) is 0 Å². The highest BCUT2D eigenvalue weighted by atomic mass is 28.4. The van der Waals surface area contributed by atoms with Gasteiger partial charge in [0.25, 0.3) is 0 Å². The summed E-state index contributed by atoms with van der Waals surface area (Å²) in [7, 11) is 0.927. The molecule has 5 N–H and O–H groups in total. The van der Waals surface area contributed by atoms with Crippen LogP contribution >= 0.6 is 0 Å². The summed E-state index contributed by atoms with van der Waals surface area (Å²) in [4.78, 5) is 0. The summed E-state index contributed by atoms with van der Waals surface area (Å²) < 4.78 is 16.8. The van der Waals surface area contributed by atoms with Crippen LogP contribution in [0.4, 0.5) is 0 Å². The predicted octanol–water partition coefficient (Wildman–Crippen LogP) is 2.72. The van der Waals surface area contributed by atoms with Gasteiger partial charge in [0.2, 0.25) is 0 Å². The smallest absolute Gasteiger partial charge is 0.377 e. The van der Waals surface area contributed by atoms with Crippen LogP contribution in [0.1, 0.15) is 45.4 Å². The summed E-state index contributed by atoms with van der Waals surface area (Å²) in [6.07, 6.45) is 7.07. The molecular formula is C12H32N2O3Si. The summed E-state index contributed by atoms with van der Waals surface area (Å²) in [5.74, 6) is 0. The van der Waals surface area contributed by atoms with Gasteiger partial charge >= 0.3 is 8.80 Å². The van der Waals surface area contributed by atoms with E-state index in [0.717, 1.165) is 25.5 Å². The van der Waals surface area contributed by atoms with Crippen LogP contribution < -0.4 is 11.9 Å². The molecule has 0 unspecified atom stereocenters. The second kappa shape index (κ2) is 13.4. The van der Waals surface area contributed by atoms with Gasteiger partial charge in [0.15, 0.2) is 0 Å². The summed E-state index contributed by atoms with van der Waals surface area (Å²) in [6, 6.07) is 0.811. The molecule has 0 amide bonds. The molecule has 0 fully saturated rings. The van der Waals surface area contributed by atoms with Crippen molar-refractivity contribution in [2.24, 2.45) is 5.73 Å². The molecule has 0 spiro atoms. The molecule has 0 aliphatic carbocycles. The third-order valence-electron chi connectivity index (χ3n) is 2.88. The lowest BCUT2D eigenvalue weighted by Crippen LogP contribution is -2.44. The Morgan fingerprint density at radius 1 is 0.944 bits per heavy atom. The zero-order valence-corrected chi connectivity index (χ0v) is 13.4. The van der Waals surface area contributed by atoms with Crippen molar-refractivity contribution in [3.05, 3.63) is 0 Å². The highest BCUT2D eigenvalue weighted by Crippen LogP contribution is 2.16. The Morgan fingerprint density at radius 3 is 2.06 bits per heavy atom. The molecule has 0 aliphatic heterocycles. The van der Waals surface area contributed by atoms with E-state index in [2.05, 4.69) is 6.92 Å². The molecule has 0 aromatic heterocycles. The fourth-order valence-corrected chi connectivity index (χ4v) is 3.78. The van der Waals surface area contributed by atoms with Gasteiger partial charge in [-0.15, -0.1) is 0 Å². The van der Waals surface area contributed by atoms with E-state index in [9.17, 15) is 0 Å². The standard InChI is InChI=1S/C12H29NO3Si.H3N/c1-4-5-6-7-8-11-16-17(14-2,15-3)12-9-10-13;/h4-13H2,1-3H3;1H3. The van der Waals surface area contributed by atoms with Crippen LogP contribution in [0.5, 0.6) is 0 Å². The van der Waals surface area contributed by atoms with E-state index in [1.54, 1.807) is 14.2 Å². The Balaban J connectivity index is 0. The molecule has 0 heterocycles. The Labute approximate surface area is 113 Å². The first-order chi connectivity index (χ1) is 8.24. The predicted molar refractivity (Wildman–Crippen MR) is 78.0 cm³/mol. The van der Waals surface area contributed by atoms with Crippen LogP contribution in [-0.2, 0) is 13.3 Å². The van der Waals surface area contributed by atoms with Crippen LogP contribution in [0, 0.1) is 0 Å². The zero-order chi connectivity index (χ0) is 13.0. The summed E-state index contributed by atoms with van der Waals surface area (Å²) in [6.45, 7) is 3.61. The minimum Gasteiger partial charge on any atom is -0.377 e. The Bertz CT molecular complexity index is 169. The molecule has 18 heavy (non-hydrogen) atoms. The van der Waals surface area contributed by atoms with Gasteiger partial charge in [-0.1, -0.05) is 32.6 Å². The third kappa shape index (κ3) is 9.01. The molecule has 6 heteroatoms. The van der Waals surface area contributed by atoms with Crippen LogP contribution in [0.2, 0.25) is 6.04 Å². The molecule has 0 saturated carbocycles. The Kier molecular flexibility index (Phi) is 15.2. The third-order valence-corrected chi connectivity index (χ3v) is 5.73. The first kappa shape index (κ1) is 20.3. The summed E-state index contributed by atoms with van der Waals surface area (Å²) >= 11 is 0. The van der Waals surface area contributed by atoms with Crippen LogP contribution in [0.25, 0.3) is 0 Å². The zero-order valence-electron chi connectivity index (χ0n) is 12.4. The molecule has 5 nitrogen and oxygen atoms in total. The molecule has 0 bridgehead atoms. The minimum atomic E-state index is -2.41. The second-order valence-electron chi connectivity index (χ2n) is 4.25. The largest absolute Gasteiger partial charge is 0.500 e. The van der Waals surface area contributed by atoms with E-state index >= 15 is 0 Å². The molecule has 0 aromatic rings. The van der Waals surface area contributed by atoms with Crippen molar-refractivity contribution in [2.45, 2.75) is 51.5 Å². The maximum Gasteiger partial charge on any atom is 0.500 e. The average molecular weight is 280 g/mol. The van der Waals surface area contributed by atoms with E-state index in [1.165, 1.54) is 25.7 Å². The highest BCUT2D eigenvalue weighted by Gasteiger charge is 2.37. The van der Waals surface area contributed by atoms with Crippen LogP contribution in [-0.4, -0.2) is 36.2 Å². The Hall–Kier alpha value is 0.0169. The summed E-state index contributed by atoms with van der Waals surface area (Å²) in [5, 5.41) is 0. The SMILES string of the molecule is CCCCCCCO[Si](CCCN)(OC)OC.N. The van der Waals surface area contributed by atoms with Crippen molar-refractivity contribution < 1.29 is 13.3 Å². The van der Waals surface area contributed by atoms with E-state index in [0.29, 0.717) is 6.54 Å². The number of rotatable bonds is 12. The summed E-state index contributed by atoms with van der Waals surface area (Å²) in [5.41, 5.74) is 5.51. The molecule has 0 rings (SSSR count). The van der Waals surface area contributed by atoms with Crippen molar-refractivity contribution in [2.75, 3.05) is 27.4 Å². The van der Waals surface area contributed by atoms with Gasteiger partial charge in [0, 0.05) is 26.9 Å². The van der Waals surface area contributed by atoms with Crippen LogP contribution in [0.15, 0.2) is 0 Å². The molecular weight excluding hydrogens is 248 g/mol. The van der Waals surface area contributed by atoms with E-state index in [1.807, 2.05) is 0 Å². The lowest BCUT2D eigenvalue weighted by atomic mass is 10.2. The first-order valence-electron chi connectivity index (χ1n) is 6.69. The molecule has 0 aromatic carbocycles. The fourth-order valence-electron chi connectivity index (χ4n) is 1.73. The first-order valence-corrected chi connectivity index (χ1v) is 8.62. The molecule has 112 valence electrons. The molecule has 0 atom stereocenters. The van der Waals surface area contributed by atoms with Gasteiger partial charge in [-0.2, -0.15) is 0 Å². The monoisotopic (exact) mass is 280 g/mol. The lowest BCUT2D eigenvalue weighted by Gasteiger charge is -2.26. The molecule has 0 aliphatic rings. The molecule has 0 radical (unpaired) electrons. The molecule has 0 saturated heterocycles. The van der Waals surface area contributed by atoms with Gasteiger partial charge in [-0.25, -0.2) is 0 Å². The highest BCUT2D eigenvalue weighted by molar-refractivity contribution is 6.60. The fraction of sp³-hybridized carbons (Fsp3) is 1.00. The van der Waals surface area contributed by atoms with E-state index in [-0.39, 0.29) is 6.15 Å². The van der Waals surface area contributed by atoms with Crippen molar-refractivity contribution in [3.63, 3.8) is 0 Å². The van der Waals surface area contributed by atoms with Crippen LogP contribution in [0.3, 0.4) is 0 Å². The normalized spacial score (nSPS) is 11.3. The van der Waals surface area contributed by atoms with Gasteiger partial charge in [-0.05, 0) is 19.4 Å². The minimum absolute atomic E-state index is 0. The Morgan fingerprint density at radius 2 is 1.56 bits per heavy atom. The van der Waals surface area contributed by atoms with E-state index < -0.39 is 8.80 Å². The number of nitrogens with two attached hydrogens (primary N) is 1.